The molecular formula is C17H24BrClN2O2. The molecule has 1 aromatic rings. The summed E-state index contributed by atoms with van der Waals surface area (Å²) in [6.07, 6.45) is 3.18. The van der Waals surface area contributed by atoms with Gasteiger partial charge in [-0.3, -0.25) is 4.79 Å². The molecule has 6 heteroatoms. The summed E-state index contributed by atoms with van der Waals surface area (Å²) in [5, 5.41) is 0. The van der Waals surface area contributed by atoms with Crippen molar-refractivity contribution in [3.05, 3.63) is 34.3 Å². The number of hydrogen-bond acceptors (Lipinski definition) is 3. The highest BCUT2D eigenvalue weighted by atomic mass is 79.9. The van der Waals surface area contributed by atoms with Crippen LogP contribution in [-0.2, 0) is 9.53 Å². The van der Waals surface area contributed by atoms with E-state index in [1.165, 1.54) is 0 Å². The van der Waals surface area contributed by atoms with E-state index in [4.69, 9.17) is 10.5 Å². The third kappa shape index (κ3) is 4.27. The second-order valence-corrected chi connectivity index (χ2v) is 7.14. The van der Waals surface area contributed by atoms with E-state index in [1.54, 1.807) is 0 Å². The highest BCUT2D eigenvalue weighted by Gasteiger charge is 2.36. The van der Waals surface area contributed by atoms with Gasteiger partial charge in [-0.2, -0.15) is 0 Å². The van der Waals surface area contributed by atoms with E-state index in [0.29, 0.717) is 32.2 Å². The molecule has 1 heterocycles. The van der Waals surface area contributed by atoms with Gasteiger partial charge in [0.2, 0.25) is 5.91 Å². The average molecular weight is 404 g/mol. The van der Waals surface area contributed by atoms with E-state index in [-0.39, 0.29) is 30.3 Å². The van der Waals surface area contributed by atoms with Crippen LogP contribution in [0.5, 0.6) is 0 Å². The standard InChI is InChI=1S/C17H23BrN2O2.ClH/c18-14-6-4-12(5-7-14)16-11-20(8-9-22-16)17(21)15-3-1-2-13(15)10-19;/h4-7,13,15-16H,1-3,8-11,19H2;1H/t13-,15-,16?;/m1./s1. The van der Waals surface area contributed by atoms with Crippen molar-refractivity contribution in [2.75, 3.05) is 26.2 Å². The molecule has 0 radical (unpaired) electrons. The van der Waals surface area contributed by atoms with Crippen LogP contribution in [0, 0.1) is 11.8 Å². The van der Waals surface area contributed by atoms with Crippen LogP contribution in [0.15, 0.2) is 28.7 Å². The number of halogens is 2. The molecular weight excluding hydrogens is 380 g/mol. The van der Waals surface area contributed by atoms with Crippen LogP contribution in [-0.4, -0.2) is 37.0 Å². The monoisotopic (exact) mass is 402 g/mol. The van der Waals surface area contributed by atoms with Crippen molar-refractivity contribution in [2.45, 2.75) is 25.4 Å². The summed E-state index contributed by atoms with van der Waals surface area (Å²) >= 11 is 3.45. The molecule has 2 N–H and O–H groups in total. The van der Waals surface area contributed by atoms with E-state index in [9.17, 15) is 4.79 Å². The minimum atomic E-state index is -0.0245. The molecule has 2 aliphatic rings. The maximum atomic E-state index is 12.8. The first-order valence-electron chi connectivity index (χ1n) is 8.05. The van der Waals surface area contributed by atoms with E-state index in [1.807, 2.05) is 17.0 Å². The summed E-state index contributed by atoms with van der Waals surface area (Å²) in [7, 11) is 0. The van der Waals surface area contributed by atoms with Gasteiger partial charge in [-0.1, -0.05) is 34.5 Å². The molecule has 1 saturated carbocycles. The summed E-state index contributed by atoms with van der Waals surface area (Å²) in [5.41, 5.74) is 6.95. The number of nitrogens with zero attached hydrogens (tertiary/aromatic N) is 1. The zero-order valence-electron chi connectivity index (χ0n) is 13.1. The molecule has 4 nitrogen and oxygen atoms in total. The molecule has 2 fully saturated rings. The number of carbonyl (C=O) groups excluding carboxylic acids is 1. The summed E-state index contributed by atoms with van der Waals surface area (Å²) in [4.78, 5) is 14.8. The Bertz CT molecular complexity index is 526. The molecule has 1 amide bonds. The van der Waals surface area contributed by atoms with Gasteiger partial charge in [0.1, 0.15) is 6.10 Å². The van der Waals surface area contributed by atoms with Gasteiger partial charge in [0.15, 0.2) is 0 Å². The summed E-state index contributed by atoms with van der Waals surface area (Å²) in [5.74, 6) is 0.758. The Morgan fingerprint density at radius 2 is 2.04 bits per heavy atom. The molecule has 1 aromatic carbocycles. The lowest BCUT2D eigenvalue weighted by molar-refractivity contribution is -0.144. The van der Waals surface area contributed by atoms with Gasteiger partial charge in [0, 0.05) is 16.9 Å². The minimum absolute atomic E-state index is 0. The molecule has 1 saturated heterocycles. The SMILES string of the molecule is Cl.NC[C@H]1CCC[C@H]1C(=O)N1CCOC(c2ccc(Br)cc2)C1. The Kier molecular flexibility index (Phi) is 6.89. The Labute approximate surface area is 152 Å². The van der Waals surface area contributed by atoms with E-state index in [2.05, 4.69) is 28.1 Å². The lowest BCUT2D eigenvalue weighted by Crippen LogP contribution is -2.46. The van der Waals surface area contributed by atoms with Crippen molar-refractivity contribution in [1.82, 2.24) is 4.90 Å². The molecule has 1 aliphatic carbocycles. The van der Waals surface area contributed by atoms with Crippen LogP contribution in [0.1, 0.15) is 30.9 Å². The third-order valence-corrected chi connectivity index (χ3v) is 5.43. The van der Waals surface area contributed by atoms with Gasteiger partial charge in [0.25, 0.3) is 0 Å². The number of benzene rings is 1. The van der Waals surface area contributed by atoms with Crippen molar-refractivity contribution in [2.24, 2.45) is 17.6 Å². The maximum absolute atomic E-state index is 12.8. The predicted molar refractivity (Wildman–Crippen MR) is 96.5 cm³/mol. The highest BCUT2D eigenvalue weighted by Crippen LogP contribution is 2.33. The summed E-state index contributed by atoms with van der Waals surface area (Å²) < 4.78 is 6.92. The summed E-state index contributed by atoms with van der Waals surface area (Å²) in [6.45, 7) is 2.57. The average Bonchev–Trinajstić information content (AvgIpc) is 3.03. The van der Waals surface area contributed by atoms with Crippen LogP contribution in [0.2, 0.25) is 0 Å². The number of ether oxygens (including phenoxy) is 1. The summed E-state index contributed by atoms with van der Waals surface area (Å²) in [6, 6.07) is 8.14. The fourth-order valence-corrected chi connectivity index (χ4v) is 3.87. The molecule has 3 atom stereocenters. The molecule has 0 aromatic heterocycles. The Balaban J connectivity index is 0.00000192. The van der Waals surface area contributed by atoms with Gasteiger partial charge >= 0.3 is 0 Å². The lowest BCUT2D eigenvalue weighted by Gasteiger charge is -2.35. The first-order valence-corrected chi connectivity index (χ1v) is 8.84. The predicted octanol–water partition coefficient (Wildman–Crippen LogP) is 3.15. The lowest BCUT2D eigenvalue weighted by atomic mass is 9.94. The topological polar surface area (TPSA) is 55.6 Å². The first kappa shape index (κ1) is 18.7. The highest BCUT2D eigenvalue weighted by molar-refractivity contribution is 9.10. The van der Waals surface area contributed by atoms with Crippen LogP contribution < -0.4 is 5.73 Å². The Morgan fingerprint density at radius 1 is 1.30 bits per heavy atom. The van der Waals surface area contributed by atoms with Crippen molar-refractivity contribution >= 4 is 34.2 Å². The first-order chi connectivity index (χ1) is 10.7. The fraction of sp³-hybridized carbons (Fsp3) is 0.588. The molecule has 0 spiro atoms. The van der Waals surface area contributed by atoms with Crippen LogP contribution in [0.4, 0.5) is 0 Å². The fourth-order valence-electron chi connectivity index (χ4n) is 3.61. The van der Waals surface area contributed by atoms with E-state index >= 15 is 0 Å². The Morgan fingerprint density at radius 3 is 2.74 bits per heavy atom. The number of rotatable bonds is 3. The minimum Gasteiger partial charge on any atom is -0.370 e. The van der Waals surface area contributed by atoms with Crippen molar-refractivity contribution in [3.63, 3.8) is 0 Å². The maximum Gasteiger partial charge on any atom is 0.226 e. The van der Waals surface area contributed by atoms with E-state index in [0.717, 1.165) is 29.3 Å². The van der Waals surface area contributed by atoms with Crippen LogP contribution in [0.3, 0.4) is 0 Å². The van der Waals surface area contributed by atoms with Crippen LogP contribution >= 0.6 is 28.3 Å². The number of amides is 1. The van der Waals surface area contributed by atoms with E-state index < -0.39 is 0 Å². The van der Waals surface area contributed by atoms with Gasteiger partial charge in [0.05, 0.1) is 13.2 Å². The van der Waals surface area contributed by atoms with Gasteiger partial charge < -0.3 is 15.4 Å². The zero-order valence-corrected chi connectivity index (χ0v) is 15.5. The number of carbonyl (C=O) groups is 1. The van der Waals surface area contributed by atoms with Gasteiger partial charge in [-0.25, -0.2) is 0 Å². The molecule has 3 rings (SSSR count). The normalized spacial score (nSPS) is 27.6. The van der Waals surface area contributed by atoms with Gasteiger partial charge in [-0.05, 0) is 43.0 Å². The second kappa shape index (κ2) is 8.47. The van der Waals surface area contributed by atoms with Crippen molar-refractivity contribution < 1.29 is 9.53 Å². The number of nitrogens with two attached hydrogens (primary N) is 1. The molecule has 1 unspecified atom stereocenters. The molecule has 23 heavy (non-hydrogen) atoms. The Hall–Kier alpha value is -0.620. The molecule has 0 bridgehead atoms. The van der Waals surface area contributed by atoms with Crippen molar-refractivity contribution in [3.8, 4) is 0 Å². The second-order valence-electron chi connectivity index (χ2n) is 6.23. The third-order valence-electron chi connectivity index (χ3n) is 4.90. The quantitative estimate of drug-likeness (QED) is 0.843. The van der Waals surface area contributed by atoms with Gasteiger partial charge in [-0.15, -0.1) is 12.4 Å². The largest absolute Gasteiger partial charge is 0.370 e. The molecule has 128 valence electrons. The van der Waals surface area contributed by atoms with Crippen molar-refractivity contribution in [1.29, 1.82) is 0 Å². The zero-order chi connectivity index (χ0) is 15.5. The smallest absolute Gasteiger partial charge is 0.226 e. The van der Waals surface area contributed by atoms with Crippen LogP contribution in [0.25, 0.3) is 0 Å². The number of morpholine rings is 1. The molecule has 1 aliphatic heterocycles. The number of hydrogen-bond donors (Lipinski definition) is 1.